The van der Waals surface area contributed by atoms with E-state index in [0.717, 1.165) is 67.9 Å². The SMILES string of the molecule is CN(C)C(=O)c1ccc(N2CCC3(CC2)C[C@@H]3CCN(C)C(=O)[C@](O)(c2cccc(OC3CC3)c2)C(F)(F)F)cc1Cl. The minimum Gasteiger partial charge on any atom is -0.490 e. The maximum atomic E-state index is 14.2. The van der Waals surface area contributed by atoms with E-state index in [4.69, 9.17) is 16.3 Å². The van der Waals surface area contributed by atoms with Gasteiger partial charge in [0.05, 0.1) is 16.7 Å². The van der Waals surface area contributed by atoms with Gasteiger partial charge in [-0.05, 0) is 80.2 Å². The first-order chi connectivity index (χ1) is 19.7. The van der Waals surface area contributed by atoms with Crippen LogP contribution in [0.25, 0.3) is 0 Å². The van der Waals surface area contributed by atoms with Gasteiger partial charge < -0.3 is 24.5 Å². The van der Waals surface area contributed by atoms with E-state index in [1.165, 1.54) is 24.1 Å². The molecule has 228 valence electrons. The molecule has 2 aromatic rings. The van der Waals surface area contributed by atoms with E-state index >= 15 is 0 Å². The summed E-state index contributed by atoms with van der Waals surface area (Å²) in [5, 5.41) is 11.3. The molecule has 7 nitrogen and oxygen atoms in total. The molecule has 5 rings (SSSR count). The van der Waals surface area contributed by atoms with Crippen LogP contribution < -0.4 is 9.64 Å². The van der Waals surface area contributed by atoms with Crippen LogP contribution in [0.15, 0.2) is 42.5 Å². The molecule has 0 radical (unpaired) electrons. The van der Waals surface area contributed by atoms with Crippen molar-refractivity contribution < 1.29 is 32.6 Å². The van der Waals surface area contributed by atoms with Gasteiger partial charge in [0.2, 0.25) is 0 Å². The highest BCUT2D eigenvalue weighted by Gasteiger charge is 2.62. The van der Waals surface area contributed by atoms with Gasteiger partial charge in [-0.1, -0.05) is 23.7 Å². The number of carbonyl (C=O) groups is 2. The summed E-state index contributed by atoms with van der Waals surface area (Å²) in [4.78, 5) is 30.2. The van der Waals surface area contributed by atoms with Gasteiger partial charge in [0.15, 0.2) is 0 Å². The number of anilines is 1. The number of amides is 2. The normalized spacial score (nSPS) is 21.0. The molecule has 11 heteroatoms. The van der Waals surface area contributed by atoms with Crippen LogP contribution in [0.5, 0.6) is 5.75 Å². The Morgan fingerprint density at radius 1 is 1.10 bits per heavy atom. The molecule has 2 amide bonds. The van der Waals surface area contributed by atoms with Crippen molar-refractivity contribution in [3.05, 3.63) is 58.6 Å². The van der Waals surface area contributed by atoms with Gasteiger partial charge in [0.25, 0.3) is 17.4 Å². The number of alkyl halides is 3. The van der Waals surface area contributed by atoms with E-state index in [1.54, 1.807) is 20.2 Å². The zero-order chi connectivity index (χ0) is 30.4. The van der Waals surface area contributed by atoms with Crippen molar-refractivity contribution in [2.24, 2.45) is 11.3 Å². The van der Waals surface area contributed by atoms with Crippen LogP contribution in [-0.4, -0.2) is 79.8 Å². The quantitative estimate of drug-likeness (QED) is 0.408. The Morgan fingerprint density at radius 3 is 2.38 bits per heavy atom. The smallest absolute Gasteiger partial charge is 0.430 e. The number of aliphatic hydroxyl groups is 1. The lowest BCUT2D eigenvalue weighted by atomic mass is 9.89. The molecule has 1 heterocycles. The van der Waals surface area contributed by atoms with Crippen molar-refractivity contribution in [2.75, 3.05) is 45.7 Å². The zero-order valence-electron chi connectivity index (χ0n) is 24.1. The third-order valence-electron chi connectivity index (χ3n) is 9.03. The second-order valence-electron chi connectivity index (χ2n) is 12.2. The van der Waals surface area contributed by atoms with E-state index in [9.17, 15) is 27.9 Å². The molecule has 3 fully saturated rings. The highest BCUT2D eigenvalue weighted by molar-refractivity contribution is 6.34. The van der Waals surface area contributed by atoms with Crippen molar-refractivity contribution in [3.8, 4) is 5.75 Å². The molecule has 0 unspecified atom stereocenters. The number of carbonyl (C=O) groups excluding carboxylic acids is 2. The van der Waals surface area contributed by atoms with Gasteiger partial charge >= 0.3 is 6.18 Å². The summed E-state index contributed by atoms with van der Waals surface area (Å²) >= 11 is 6.40. The fraction of sp³-hybridized carbons (Fsp3) is 0.548. The zero-order valence-corrected chi connectivity index (χ0v) is 24.8. The largest absolute Gasteiger partial charge is 0.490 e. The number of likely N-dealkylation sites (N-methyl/N-ethyl adjacent to an activating group) is 1. The predicted octanol–water partition coefficient (Wildman–Crippen LogP) is 5.49. The van der Waals surface area contributed by atoms with E-state index in [2.05, 4.69) is 4.90 Å². The van der Waals surface area contributed by atoms with Gasteiger partial charge in [0, 0.05) is 52.0 Å². The maximum Gasteiger partial charge on any atom is 0.430 e. The van der Waals surface area contributed by atoms with Gasteiger partial charge in [-0.25, -0.2) is 0 Å². The number of ether oxygens (including phenoxy) is 1. The Bertz CT molecular complexity index is 1340. The number of rotatable bonds is 9. The molecule has 1 saturated heterocycles. The van der Waals surface area contributed by atoms with E-state index in [-0.39, 0.29) is 29.7 Å². The number of nitrogens with zero attached hydrogens (tertiary/aromatic N) is 3. The standard InChI is InChI=1S/C31H37ClF3N3O4/c1-36(2)27(39)25-10-7-22(18-26(25)32)38-15-12-29(13-16-38)19-21(29)11-14-37(3)28(40)30(41,31(33,34)35)20-5-4-6-24(17-20)42-23-8-9-23/h4-7,10,17-18,21,23,41H,8-9,11-16,19H2,1-3H3/t21-,30+/m0/s1. The number of halogens is 4. The number of benzene rings is 2. The molecule has 0 aromatic heterocycles. The molecule has 42 heavy (non-hydrogen) atoms. The maximum absolute atomic E-state index is 14.2. The van der Waals surface area contributed by atoms with Crippen LogP contribution in [0.3, 0.4) is 0 Å². The molecule has 1 aliphatic heterocycles. The lowest BCUT2D eigenvalue weighted by molar-refractivity contribution is -0.261. The highest BCUT2D eigenvalue weighted by atomic mass is 35.5. The number of hydrogen-bond acceptors (Lipinski definition) is 5. The topological polar surface area (TPSA) is 73.3 Å². The average molecular weight is 608 g/mol. The summed E-state index contributed by atoms with van der Waals surface area (Å²) < 4.78 is 48.3. The number of piperidine rings is 1. The van der Waals surface area contributed by atoms with Crippen molar-refractivity contribution >= 4 is 29.1 Å². The van der Waals surface area contributed by atoms with E-state index in [0.29, 0.717) is 22.9 Å². The Morgan fingerprint density at radius 2 is 1.79 bits per heavy atom. The van der Waals surface area contributed by atoms with Crippen LogP contribution in [0, 0.1) is 11.3 Å². The second kappa shape index (κ2) is 11.3. The summed E-state index contributed by atoms with van der Waals surface area (Å²) in [7, 11) is 4.67. The fourth-order valence-electron chi connectivity index (χ4n) is 6.09. The summed E-state index contributed by atoms with van der Waals surface area (Å²) in [5.41, 5.74) is -2.69. The van der Waals surface area contributed by atoms with Gasteiger partial charge in [-0.15, -0.1) is 0 Å². The molecule has 1 spiro atoms. The molecule has 1 N–H and O–H groups in total. The Kier molecular flexibility index (Phi) is 8.17. The van der Waals surface area contributed by atoms with Crippen LogP contribution in [0.1, 0.15) is 54.4 Å². The third kappa shape index (κ3) is 5.93. The predicted molar refractivity (Wildman–Crippen MR) is 154 cm³/mol. The summed E-state index contributed by atoms with van der Waals surface area (Å²) in [6, 6.07) is 10.6. The average Bonchev–Trinajstić information content (AvgIpc) is 3.88. The summed E-state index contributed by atoms with van der Waals surface area (Å²) in [6.07, 6.45) is -0.207. The Labute approximate surface area is 249 Å². The Balaban J connectivity index is 1.17. The fourth-order valence-corrected chi connectivity index (χ4v) is 6.34. The molecular weight excluding hydrogens is 571 g/mol. The minimum atomic E-state index is -5.20. The lowest BCUT2D eigenvalue weighted by Crippen LogP contribution is -2.55. The van der Waals surface area contributed by atoms with E-state index < -0.39 is 23.2 Å². The van der Waals surface area contributed by atoms with Crippen molar-refractivity contribution in [1.29, 1.82) is 0 Å². The lowest BCUT2D eigenvalue weighted by Gasteiger charge is -2.35. The van der Waals surface area contributed by atoms with Crippen LogP contribution >= 0.6 is 11.6 Å². The molecular formula is C31H37ClF3N3O4. The molecule has 2 atom stereocenters. The molecule has 2 saturated carbocycles. The summed E-state index contributed by atoms with van der Waals surface area (Å²) in [6.45, 7) is 1.72. The van der Waals surface area contributed by atoms with Gasteiger partial charge in [-0.2, -0.15) is 13.2 Å². The molecule has 3 aliphatic rings. The van der Waals surface area contributed by atoms with Crippen LogP contribution in [0.4, 0.5) is 18.9 Å². The highest BCUT2D eigenvalue weighted by Crippen LogP contribution is 2.61. The second-order valence-corrected chi connectivity index (χ2v) is 12.6. The van der Waals surface area contributed by atoms with E-state index in [1.807, 2.05) is 12.1 Å². The summed E-state index contributed by atoms with van der Waals surface area (Å²) in [5.74, 6) is -1.04. The van der Waals surface area contributed by atoms with Gasteiger partial charge in [-0.3, -0.25) is 9.59 Å². The van der Waals surface area contributed by atoms with Crippen molar-refractivity contribution in [1.82, 2.24) is 9.80 Å². The molecule has 2 aromatic carbocycles. The first-order valence-electron chi connectivity index (χ1n) is 14.3. The van der Waals surface area contributed by atoms with Crippen LogP contribution in [0.2, 0.25) is 5.02 Å². The van der Waals surface area contributed by atoms with Crippen molar-refractivity contribution in [2.45, 2.75) is 56.4 Å². The third-order valence-corrected chi connectivity index (χ3v) is 9.34. The Hall–Kier alpha value is -2.98. The van der Waals surface area contributed by atoms with Crippen molar-refractivity contribution in [3.63, 3.8) is 0 Å². The first-order valence-corrected chi connectivity index (χ1v) is 14.7. The van der Waals surface area contributed by atoms with Crippen LogP contribution in [-0.2, 0) is 10.4 Å². The molecule has 2 aliphatic carbocycles. The number of hydrogen-bond donors (Lipinski definition) is 1. The monoisotopic (exact) mass is 607 g/mol. The minimum absolute atomic E-state index is 0.0348. The van der Waals surface area contributed by atoms with Gasteiger partial charge in [0.1, 0.15) is 5.75 Å². The first kappa shape index (κ1) is 30.5. The molecule has 0 bridgehead atoms.